The fraction of sp³-hybridized carbons (Fsp3) is 0. The van der Waals surface area contributed by atoms with Crippen LogP contribution in [-0.2, 0) is 0 Å². The molecule has 0 bridgehead atoms. The van der Waals surface area contributed by atoms with Crippen molar-refractivity contribution in [3.8, 4) is 22.5 Å². The van der Waals surface area contributed by atoms with Gasteiger partial charge in [0.05, 0.1) is 35.2 Å². The second-order valence-electron chi connectivity index (χ2n) is 6.39. The normalized spacial score (nSPS) is 10.7. The molecule has 0 spiro atoms. The van der Waals surface area contributed by atoms with E-state index in [-0.39, 0.29) is 0 Å². The molecular formula is C22H16N6S2. The van der Waals surface area contributed by atoms with Crippen molar-refractivity contribution in [1.82, 2.24) is 19.9 Å². The van der Waals surface area contributed by atoms with Crippen molar-refractivity contribution in [1.29, 1.82) is 0 Å². The van der Waals surface area contributed by atoms with E-state index in [1.165, 1.54) is 0 Å². The fourth-order valence-corrected chi connectivity index (χ4v) is 4.34. The lowest BCUT2D eigenvalue weighted by Gasteiger charge is -2.02. The molecule has 0 fully saturated rings. The summed E-state index contributed by atoms with van der Waals surface area (Å²) in [6.45, 7) is 0. The van der Waals surface area contributed by atoms with E-state index in [9.17, 15) is 0 Å². The van der Waals surface area contributed by atoms with E-state index in [4.69, 9.17) is 0 Å². The maximum absolute atomic E-state index is 4.68. The summed E-state index contributed by atoms with van der Waals surface area (Å²) in [6.07, 6.45) is 7.06. The average Bonchev–Trinajstić information content (AvgIpc) is 3.45. The molecule has 6 nitrogen and oxygen atoms in total. The number of benzene rings is 1. The maximum atomic E-state index is 4.68. The van der Waals surface area contributed by atoms with Gasteiger partial charge in [-0.25, -0.2) is 9.97 Å². The van der Waals surface area contributed by atoms with Crippen LogP contribution < -0.4 is 10.6 Å². The van der Waals surface area contributed by atoms with Gasteiger partial charge in [-0.05, 0) is 24.3 Å². The standard InChI is InChI=1S/C22H16N6S2/c1-3-17(11-23-9-1)25-21-27-19(13-29-21)15-5-7-16(8-6-15)20-14-30-22(28-20)26-18-4-2-10-24-12-18/h1-14H,(H,25,27)(H,26,28). The number of anilines is 4. The van der Waals surface area contributed by atoms with E-state index in [1.54, 1.807) is 47.5 Å². The number of nitrogens with zero attached hydrogens (tertiary/aromatic N) is 4. The molecule has 146 valence electrons. The van der Waals surface area contributed by atoms with Gasteiger partial charge in [0.25, 0.3) is 0 Å². The van der Waals surface area contributed by atoms with E-state index < -0.39 is 0 Å². The largest absolute Gasteiger partial charge is 0.330 e. The highest BCUT2D eigenvalue weighted by Gasteiger charge is 2.08. The van der Waals surface area contributed by atoms with Crippen molar-refractivity contribution < 1.29 is 0 Å². The molecule has 4 heterocycles. The van der Waals surface area contributed by atoms with Crippen molar-refractivity contribution in [2.75, 3.05) is 10.6 Å². The molecule has 0 aliphatic heterocycles. The summed E-state index contributed by atoms with van der Waals surface area (Å²) >= 11 is 3.14. The molecule has 0 radical (unpaired) electrons. The highest BCUT2D eigenvalue weighted by atomic mass is 32.1. The Bertz CT molecular complexity index is 1130. The molecule has 8 heteroatoms. The van der Waals surface area contributed by atoms with E-state index in [0.717, 1.165) is 44.2 Å². The smallest absolute Gasteiger partial charge is 0.187 e. The molecule has 4 aromatic heterocycles. The van der Waals surface area contributed by atoms with Crippen molar-refractivity contribution >= 4 is 44.3 Å². The van der Waals surface area contributed by atoms with Crippen molar-refractivity contribution in [2.45, 2.75) is 0 Å². The SMILES string of the molecule is c1cncc(Nc2nc(-c3ccc(-c4csc(Nc5cccnc5)n4)cc3)cs2)c1. The lowest BCUT2D eigenvalue weighted by Crippen LogP contribution is -1.90. The Hall–Kier alpha value is -3.62. The Balaban J connectivity index is 1.29. The highest BCUT2D eigenvalue weighted by Crippen LogP contribution is 2.30. The highest BCUT2D eigenvalue weighted by molar-refractivity contribution is 7.14. The van der Waals surface area contributed by atoms with E-state index >= 15 is 0 Å². The lowest BCUT2D eigenvalue weighted by molar-refractivity contribution is 1.31. The minimum absolute atomic E-state index is 0.840. The Morgan fingerprint density at radius 2 is 1.07 bits per heavy atom. The van der Waals surface area contributed by atoms with Crippen LogP contribution in [0.25, 0.3) is 22.5 Å². The lowest BCUT2D eigenvalue weighted by atomic mass is 10.1. The van der Waals surface area contributed by atoms with Gasteiger partial charge in [0.15, 0.2) is 10.3 Å². The van der Waals surface area contributed by atoms with Crippen LogP contribution in [0.5, 0.6) is 0 Å². The topological polar surface area (TPSA) is 75.6 Å². The Morgan fingerprint density at radius 1 is 0.600 bits per heavy atom. The molecule has 0 saturated carbocycles. The van der Waals surface area contributed by atoms with Crippen LogP contribution in [0, 0.1) is 0 Å². The number of pyridine rings is 2. The minimum atomic E-state index is 0.840. The van der Waals surface area contributed by atoms with Gasteiger partial charge in [-0.1, -0.05) is 24.3 Å². The predicted molar refractivity (Wildman–Crippen MR) is 124 cm³/mol. The van der Waals surface area contributed by atoms with Crippen molar-refractivity contribution in [3.63, 3.8) is 0 Å². The number of thiazole rings is 2. The zero-order valence-electron chi connectivity index (χ0n) is 15.7. The zero-order valence-corrected chi connectivity index (χ0v) is 17.3. The Labute approximate surface area is 181 Å². The third-order valence-corrected chi connectivity index (χ3v) is 5.83. The van der Waals surface area contributed by atoms with Crippen LogP contribution >= 0.6 is 22.7 Å². The van der Waals surface area contributed by atoms with Gasteiger partial charge in [-0.2, -0.15) is 0 Å². The number of rotatable bonds is 6. The van der Waals surface area contributed by atoms with Gasteiger partial charge in [-0.3, -0.25) is 9.97 Å². The van der Waals surface area contributed by atoms with Crippen LogP contribution in [0.4, 0.5) is 21.6 Å². The first-order chi connectivity index (χ1) is 14.8. The quantitative estimate of drug-likeness (QED) is 0.335. The van der Waals surface area contributed by atoms with Crippen LogP contribution in [-0.4, -0.2) is 19.9 Å². The molecule has 2 N–H and O–H groups in total. The summed E-state index contributed by atoms with van der Waals surface area (Å²) in [5.74, 6) is 0. The molecule has 0 aliphatic rings. The van der Waals surface area contributed by atoms with Crippen LogP contribution in [0.3, 0.4) is 0 Å². The number of hydrogen-bond acceptors (Lipinski definition) is 8. The molecule has 5 rings (SSSR count). The number of aromatic nitrogens is 4. The fourth-order valence-electron chi connectivity index (χ4n) is 2.86. The van der Waals surface area contributed by atoms with Crippen LogP contribution in [0.15, 0.2) is 84.1 Å². The van der Waals surface area contributed by atoms with Gasteiger partial charge < -0.3 is 10.6 Å². The molecule has 0 amide bonds. The first-order valence-electron chi connectivity index (χ1n) is 9.19. The molecule has 0 aliphatic carbocycles. The van der Waals surface area contributed by atoms with Crippen molar-refractivity contribution in [3.05, 3.63) is 84.1 Å². The molecule has 0 unspecified atom stereocenters. The maximum Gasteiger partial charge on any atom is 0.187 e. The zero-order chi connectivity index (χ0) is 20.2. The number of nitrogens with one attached hydrogen (secondary N) is 2. The van der Waals surface area contributed by atoms with Gasteiger partial charge >= 0.3 is 0 Å². The van der Waals surface area contributed by atoms with Crippen LogP contribution in [0.2, 0.25) is 0 Å². The summed E-state index contributed by atoms with van der Waals surface area (Å²) in [6, 6.07) is 16.0. The van der Waals surface area contributed by atoms with Gasteiger partial charge in [0.1, 0.15) is 0 Å². The second kappa shape index (κ2) is 8.40. The molecule has 1 aromatic carbocycles. The monoisotopic (exact) mass is 428 g/mol. The second-order valence-corrected chi connectivity index (χ2v) is 8.10. The van der Waals surface area contributed by atoms with Gasteiger partial charge in [-0.15, -0.1) is 22.7 Å². The predicted octanol–water partition coefficient (Wildman–Crippen LogP) is 6.21. The van der Waals surface area contributed by atoms with Crippen LogP contribution in [0.1, 0.15) is 0 Å². The third-order valence-electron chi connectivity index (χ3n) is 4.31. The summed E-state index contributed by atoms with van der Waals surface area (Å²) < 4.78 is 0. The average molecular weight is 429 g/mol. The molecular weight excluding hydrogens is 412 g/mol. The Kier molecular flexibility index (Phi) is 5.15. The summed E-state index contributed by atoms with van der Waals surface area (Å²) in [5.41, 5.74) is 5.86. The number of hydrogen-bond donors (Lipinski definition) is 2. The van der Waals surface area contributed by atoms with E-state index in [2.05, 4.69) is 54.8 Å². The molecule has 0 saturated heterocycles. The summed E-state index contributed by atoms with van der Waals surface area (Å²) in [4.78, 5) is 17.6. The molecule has 30 heavy (non-hydrogen) atoms. The molecule has 0 atom stereocenters. The first kappa shape index (κ1) is 18.4. The minimum Gasteiger partial charge on any atom is -0.330 e. The van der Waals surface area contributed by atoms with Gasteiger partial charge in [0, 0.05) is 34.3 Å². The molecule has 5 aromatic rings. The van der Waals surface area contributed by atoms with Crippen molar-refractivity contribution in [2.24, 2.45) is 0 Å². The van der Waals surface area contributed by atoms with E-state index in [1.807, 2.05) is 35.0 Å². The summed E-state index contributed by atoms with van der Waals surface area (Å²) in [5, 5.41) is 12.3. The first-order valence-corrected chi connectivity index (χ1v) is 11.0. The van der Waals surface area contributed by atoms with Gasteiger partial charge in [0.2, 0.25) is 0 Å². The van der Waals surface area contributed by atoms with E-state index in [0.29, 0.717) is 0 Å². The summed E-state index contributed by atoms with van der Waals surface area (Å²) in [7, 11) is 0. The Morgan fingerprint density at radius 3 is 1.47 bits per heavy atom. The third kappa shape index (κ3) is 4.19.